The zero-order valence-electron chi connectivity index (χ0n) is 2.90. The van der Waals surface area contributed by atoms with Crippen molar-refractivity contribution in [3.8, 4) is 0 Å². The van der Waals surface area contributed by atoms with E-state index in [0.717, 1.165) is 0 Å². The van der Waals surface area contributed by atoms with Gasteiger partial charge in [-0.1, -0.05) is 0 Å². The average molecular weight is 113 g/mol. The molecule has 0 atom stereocenters. The average Bonchev–Trinajstić information content (AvgIpc) is 1.41. The molecule has 0 amide bonds. The predicted octanol–water partition coefficient (Wildman–Crippen LogP) is -0.198. The Morgan fingerprint density at radius 2 is 2.40 bits per heavy atom. The van der Waals surface area contributed by atoms with E-state index in [0.29, 0.717) is 0 Å². The maximum atomic E-state index is 5.09. The third-order valence-electron chi connectivity index (χ3n) is 0.162. The zero-order chi connectivity index (χ0) is 4.12. The molecule has 0 unspecified atom stereocenters. The zero-order valence-corrected chi connectivity index (χ0v) is 5.07. The predicted molar refractivity (Wildman–Crippen MR) is 22.5 cm³/mol. The van der Waals surface area contributed by atoms with Gasteiger partial charge in [0, 0.05) is 0 Å². The second-order valence-corrected chi connectivity index (χ2v) is 1.50. The van der Waals surface area contributed by atoms with Gasteiger partial charge in [0.15, 0.2) is 0 Å². The van der Waals surface area contributed by atoms with Gasteiger partial charge in [-0.25, -0.2) is 0 Å². The van der Waals surface area contributed by atoms with Crippen molar-refractivity contribution in [2.24, 2.45) is 0 Å². The van der Waals surface area contributed by atoms with E-state index in [1.807, 2.05) is 0 Å². The maximum Gasteiger partial charge on any atom is 0.302 e. The molecule has 0 heterocycles. The molecule has 0 fully saturated rings. The first kappa shape index (κ1) is 5.43. The Balaban J connectivity index is 2.19. The molecule has 4 heteroatoms. The molecule has 2 nitrogen and oxygen atoms in total. The fraction of sp³-hybridized carbons (Fsp3) is 1.00. The third kappa shape index (κ3) is 4.43. The summed E-state index contributed by atoms with van der Waals surface area (Å²) in [5.41, 5.74) is 0. The summed E-state index contributed by atoms with van der Waals surface area (Å²) in [6.45, 7) is 0. The number of rotatable bonds is 2. The first-order chi connectivity index (χ1) is 2.41. The minimum atomic E-state index is -0.836. The normalized spacial score (nSPS) is 10.8. The summed E-state index contributed by atoms with van der Waals surface area (Å²) in [6.07, 6.45) is 0. The van der Waals surface area contributed by atoms with Crippen LogP contribution >= 0.6 is 11.1 Å². The Morgan fingerprint density at radius 3 is 2.40 bits per heavy atom. The second-order valence-electron chi connectivity index (χ2n) is 0.394. The summed E-state index contributed by atoms with van der Waals surface area (Å²) in [5, 5.41) is 0. The lowest BCUT2D eigenvalue weighted by molar-refractivity contribution is -0.176. The van der Waals surface area contributed by atoms with Gasteiger partial charge >= 0.3 is 9.07 Å². The molecule has 0 radical (unpaired) electrons. The van der Waals surface area contributed by atoms with Crippen LogP contribution in [0.4, 0.5) is 0 Å². The molecule has 0 saturated heterocycles. The molecule has 0 bridgehead atoms. The Kier molecular flexibility index (Phi) is 4.80. The standard InChI is InChI=1S/CH5ClO2Si/c1-3-4-5-2/h5H2,1H3. The van der Waals surface area contributed by atoms with Gasteiger partial charge < -0.3 is 0 Å². The van der Waals surface area contributed by atoms with Crippen molar-refractivity contribution < 1.29 is 9.46 Å². The van der Waals surface area contributed by atoms with Gasteiger partial charge in [0.25, 0.3) is 0 Å². The van der Waals surface area contributed by atoms with Crippen LogP contribution in [0.1, 0.15) is 0 Å². The molecule has 32 valence electrons. The highest BCUT2D eigenvalue weighted by molar-refractivity contribution is 6.89. The molecule has 5 heavy (non-hydrogen) atoms. The molecule has 0 rings (SSSR count). The molecular weight excluding hydrogens is 108 g/mol. The molecule has 0 spiro atoms. The van der Waals surface area contributed by atoms with Crippen LogP contribution in [-0.2, 0) is 9.46 Å². The lowest BCUT2D eigenvalue weighted by atomic mass is 11.8. The van der Waals surface area contributed by atoms with Gasteiger partial charge in [-0.05, 0) is 0 Å². The van der Waals surface area contributed by atoms with Crippen molar-refractivity contribution in [3.63, 3.8) is 0 Å². The monoisotopic (exact) mass is 112 g/mol. The van der Waals surface area contributed by atoms with E-state index in [1.165, 1.54) is 7.11 Å². The SMILES string of the molecule is COO[SiH2]Cl. The van der Waals surface area contributed by atoms with Crippen molar-refractivity contribution in [2.45, 2.75) is 0 Å². The van der Waals surface area contributed by atoms with E-state index in [9.17, 15) is 0 Å². The Bertz CT molecular complexity index is 17.1. The van der Waals surface area contributed by atoms with E-state index < -0.39 is 9.07 Å². The topological polar surface area (TPSA) is 18.5 Å². The van der Waals surface area contributed by atoms with Crippen LogP contribution in [0.5, 0.6) is 0 Å². The lowest BCUT2D eigenvalue weighted by Gasteiger charge is -1.85. The molecule has 0 saturated carbocycles. The summed E-state index contributed by atoms with van der Waals surface area (Å²) >= 11 is 5.09. The number of halogens is 1. The van der Waals surface area contributed by atoms with Crippen LogP contribution in [0.15, 0.2) is 0 Å². The van der Waals surface area contributed by atoms with Gasteiger partial charge in [0.1, 0.15) is 0 Å². The van der Waals surface area contributed by atoms with Gasteiger partial charge in [-0.2, -0.15) is 0 Å². The lowest BCUT2D eigenvalue weighted by Crippen LogP contribution is -1.85. The first-order valence-corrected chi connectivity index (χ1v) is 3.85. The third-order valence-corrected chi connectivity index (χ3v) is 0.754. The van der Waals surface area contributed by atoms with Crippen molar-refractivity contribution in [3.05, 3.63) is 0 Å². The molecule has 0 aliphatic heterocycles. The minimum Gasteiger partial charge on any atom is -0.276 e. The Labute approximate surface area is 37.6 Å². The van der Waals surface area contributed by atoms with Crippen molar-refractivity contribution >= 4 is 20.2 Å². The van der Waals surface area contributed by atoms with Crippen LogP contribution in [-0.4, -0.2) is 16.2 Å². The summed E-state index contributed by atoms with van der Waals surface area (Å²) in [4.78, 5) is 4.12. The van der Waals surface area contributed by atoms with Crippen LogP contribution in [0.25, 0.3) is 0 Å². The van der Waals surface area contributed by atoms with Crippen LogP contribution in [0.2, 0.25) is 0 Å². The highest BCUT2D eigenvalue weighted by Gasteiger charge is 1.69. The second kappa shape index (κ2) is 4.43. The fourth-order valence-electron chi connectivity index (χ4n) is 0.0445. The van der Waals surface area contributed by atoms with Gasteiger partial charge in [0.05, 0.1) is 7.11 Å². The van der Waals surface area contributed by atoms with Crippen molar-refractivity contribution in [1.29, 1.82) is 0 Å². The van der Waals surface area contributed by atoms with Crippen molar-refractivity contribution in [2.75, 3.05) is 7.11 Å². The summed E-state index contributed by atoms with van der Waals surface area (Å²) in [7, 11) is 0.604. The summed E-state index contributed by atoms with van der Waals surface area (Å²) < 4.78 is 4.24. The highest BCUT2D eigenvalue weighted by atomic mass is 35.6. The smallest absolute Gasteiger partial charge is 0.276 e. The van der Waals surface area contributed by atoms with Gasteiger partial charge in [-0.3, -0.25) is 9.46 Å². The van der Waals surface area contributed by atoms with Gasteiger partial charge in [-0.15, -0.1) is 11.1 Å². The minimum absolute atomic E-state index is 0.836. The number of hydrogen-bond donors (Lipinski definition) is 0. The van der Waals surface area contributed by atoms with E-state index in [4.69, 9.17) is 11.1 Å². The largest absolute Gasteiger partial charge is 0.302 e. The number of hydrogen-bond acceptors (Lipinski definition) is 2. The summed E-state index contributed by atoms with van der Waals surface area (Å²) in [6, 6.07) is 0. The summed E-state index contributed by atoms with van der Waals surface area (Å²) in [5.74, 6) is 0. The first-order valence-electron chi connectivity index (χ1n) is 1.13. The highest BCUT2D eigenvalue weighted by Crippen LogP contribution is 1.69. The Hall–Kier alpha value is 0.427. The molecule has 0 aromatic rings. The van der Waals surface area contributed by atoms with Crippen molar-refractivity contribution in [1.82, 2.24) is 0 Å². The van der Waals surface area contributed by atoms with Crippen LogP contribution in [0.3, 0.4) is 0 Å². The van der Waals surface area contributed by atoms with E-state index in [2.05, 4.69) is 9.46 Å². The molecule has 0 aliphatic carbocycles. The molecule has 0 N–H and O–H groups in total. The van der Waals surface area contributed by atoms with Crippen LogP contribution < -0.4 is 0 Å². The Morgan fingerprint density at radius 1 is 1.80 bits per heavy atom. The van der Waals surface area contributed by atoms with E-state index >= 15 is 0 Å². The molecular formula is CH5ClO2Si. The van der Waals surface area contributed by atoms with Crippen LogP contribution in [0, 0.1) is 0 Å². The molecule has 0 aliphatic rings. The maximum absolute atomic E-state index is 5.09. The fourth-order valence-corrected chi connectivity index (χ4v) is 0.401. The quantitative estimate of drug-likeness (QED) is 0.213. The van der Waals surface area contributed by atoms with E-state index in [1.54, 1.807) is 0 Å². The van der Waals surface area contributed by atoms with Gasteiger partial charge in [0.2, 0.25) is 0 Å². The molecule has 0 aromatic heterocycles. The van der Waals surface area contributed by atoms with E-state index in [-0.39, 0.29) is 0 Å². The molecule has 0 aromatic carbocycles.